The second-order valence-corrected chi connectivity index (χ2v) is 9.96. The van der Waals surface area contributed by atoms with Crippen molar-refractivity contribution in [3.05, 3.63) is 65.7 Å². The maximum atomic E-state index is 12.9. The van der Waals surface area contributed by atoms with Crippen LogP contribution in [0.5, 0.6) is 0 Å². The summed E-state index contributed by atoms with van der Waals surface area (Å²) < 4.78 is 27.3. The molecular formula is C23H30N2O3S. The van der Waals surface area contributed by atoms with Gasteiger partial charge in [-0.15, -0.1) is 0 Å². The van der Waals surface area contributed by atoms with E-state index in [2.05, 4.69) is 20.8 Å². The van der Waals surface area contributed by atoms with Crippen molar-refractivity contribution < 1.29 is 13.2 Å². The van der Waals surface area contributed by atoms with E-state index >= 15 is 0 Å². The quantitative estimate of drug-likeness (QED) is 0.722. The number of hydrogen-bond donors (Lipinski definition) is 0. The van der Waals surface area contributed by atoms with Crippen LogP contribution in [0, 0.1) is 0 Å². The summed E-state index contributed by atoms with van der Waals surface area (Å²) in [5.74, 6) is 0.587. The summed E-state index contributed by atoms with van der Waals surface area (Å²) >= 11 is 0. The second-order valence-electron chi connectivity index (χ2n) is 8.02. The minimum Gasteiger partial charge on any atom is -0.340 e. The molecule has 1 amide bonds. The number of amides is 1. The van der Waals surface area contributed by atoms with E-state index in [-0.39, 0.29) is 11.8 Å². The van der Waals surface area contributed by atoms with Crippen molar-refractivity contribution in [3.63, 3.8) is 0 Å². The van der Waals surface area contributed by atoms with Gasteiger partial charge in [-0.2, -0.15) is 4.31 Å². The molecule has 0 aromatic heterocycles. The zero-order valence-electron chi connectivity index (χ0n) is 17.4. The lowest BCUT2D eigenvalue weighted by atomic mass is 9.97. The molecule has 1 heterocycles. The Balaban J connectivity index is 1.58. The van der Waals surface area contributed by atoms with Crippen LogP contribution >= 0.6 is 0 Å². The normalized spacial score (nSPS) is 16.8. The first kappa shape index (κ1) is 21.5. The molecule has 6 heteroatoms. The van der Waals surface area contributed by atoms with Gasteiger partial charge in [0.2, 0.25) is 15.9 Å². The number of rotatable bonds is 6. The summed E-state index contributed by atoms with van der Waals surface area (Å²) in [6.45, 7) is 7.75. The van der Waals surface area contributed by atoms with Gasteiger partial charge in [-0.25, -0.2) is 8.42 Å². The molecule has 1 atom stereocenters. The molecule has 0 bridgehead atoms. The van der Waals surface area contributed by atoms with Crippen molar-refractivity contribution in [2.75, 3.05) is 26.2 Å². The Morgan fingerprint density at radius 2 is 1.45 bits per heavy atom. The Labute approximate surface area is 174 Å². The molecule has 1 fully saturated rings. The monoisotopic (exact) mass is 414 g/mol. The zero-order chi connectivity index (χ0) is 21.0. The van der Waals surface area contributed by atoms with E-state index in [9.17, 15) is 13.2 Å². The molecule has 2 aromatic carbocycles. The molecule has 0 N–H and O–H groups in total. The van der Waals surface area contributed by atoms with E-state index < -0.39 is 10.0 Å². The van der Waals surface area contributed by atoms with Gasteiger partial charge in [0.1, 0.15) is 0 Å². The van der Waals surface area contributed by atoms with E-state index in [1.165, 1.54) is 4.31 Å². The number of carbonyl (C=O) groups is 1. The van der Waals surface area contributed by atoms with Gasteiger partial charge in [0.25, 0.3) is 0 Å². The smallest absolute Gasteiger partial charge is 0.243 e. The number of hydrogen-bond acceptors (Lipinski definition) is 3. The molecule has 0 unspecified atom stereocenters. The second kappa shape index (κ2) is 9.09. The van der Waals surface area contributed by atoms with Crippen molar-refractivity contribution in [2.24, 2.45) is 0 Å². The van der Waals surface area contributed by atoms with Crippen LogP contribution in [0.2, 0.25) is 0 Å². The fraction of sp³-hybridized carbons (Fsp3) is 0.435. The largest absolute Gasteiger partial charge is 0.340 e. The summed E-state index contributed by atoms with van der Waals surface area (Å²) in [6, 6.07) is 17.1. The third-order valence-electron chi connectivity index (χ3n) is 5.63. The molecule has 0 aliphatic carbocycles. The van der Waals surface area contributed by atoms with Crippen LogP contribution in [-0.2, 0) is 14.8 Å². The Bertz CT molecular complexity index is 916. The first-order valence-corrected chi connectivity index (χ1v) is 11.7. The lowest BCUT2D eigenvalue weighted by Gasteiger charge is -2.34. The van der Waals surface area contributed by atoms with Crippen LogP contribution in [-0.4, -0.2) is 49.7 Å². The van der Waals surface area contributed by atoms with Crippen molar-refractivity contribution >= 4 is 15.9 Å². The average molecular weight is 415 g/mol. The fourth-order valence-electron chi connectivity index (χ4n) is 3.64. The highest BCUT2D eigenvalue weighted by atomic mass is 32.2. The highest BCUT2D eigenvalue weighted by Gasteiger charge is 2.30. The van der Waals surface area contributed by atoms with Gasteiger partial charge in [0, 0.05) is 32.6 Å². The van der Waals surface area contributed by atoms with E-state index in [1.54, 1.807) is 17.0 Å². The van der Waals surface area contributed by atoms with E-state index in [0.717, 1.165) is 11.1 Å². The molecule has 0 spiro atoms. The fourth-order valence-corrected chi connectivity index (χ4v) is 5.06. The third kappa shape index (κ3) is 5.06. The Morgan fingerprint density at radius 3 is 2.00 bits per heavy atom. The Hall–Kier alpha value is -2.18. The van der Waals surface area contributed by atoms with Crippen LogP contribution in [0.3, 0.4) is 0 Å². The van der Waals surface area contributed by atoms with E-state index in [0.29, 0.717) is 43.4 Å². The summed E-state index contributed by atoms with van der Waals surface area (Å²) in [5, 5.41) is 0. The van der Waals surface area contributed by atoms with Crippen molar-refractivity contribution in [3.8, 4) is 0 Å². The molecule has 1 aliphatic rings. The van der Waals surface area contributed by atoms with Gasteiger partial charge >= 0.3 is 0 Å². The van der Waals surface area contributed by atoms with Gasteiger partial charge in [0.05, 0.1) is 4.90 Å². The molecule has 156 valence electrons. The van der Waals surface area contributed by atoms with E-state index in [4.69, 9.17) is 0 Å². The molecule has 0 radical (unpaired) electrons. The zero-order valence-corrected chi connectivity index (χ0v) is 18.2. The Morgan fingerprint density at radius 1 is 0.862 bits per heavy atom. The van der Waals surface area contributed by atoms with Gasteiger partial charge < -0.3 is 4.90 Å². The van der Waals surface area contributed by atoms with Crippen molar-refractivity contribution in [1.29, 1.82) is 0 Å². The van der Waals surface area contributed by atoms with Crippen molar-refractivity contribution in [1.82, 2.24) is 9.21 Å². The predicted molar refractivity (Wildman–Crippen MR) is 115 cm³/mol. The third-order valence-corrected chi connectivity index (χ3v) is 7.54. The van der Waals surface area contributed by atoms with Crippen LogP contribution in [0.1, 0.15) is 50.2 Å². The summed E-state index contributed by atoms with van der Waals surface area (Å²) in [5.41, 5.74) is 2.26. The van der Waals surface area contributed by atoms with Gasteiger partial charge in [0.15, 0.2) is 0 Å². The molecule has 1 saturated heterocycles. The summed E-state index contributed by atoms with van der Waals surface area (Å²) in [6.07, 6.45) is 0.438. The summed E-state index contributed by atoms with van der Waals surface area (Å²) in [7, 11) is -3.52. The molecule has 0 saturated carbocycles. The molecule has 1 aliphatic heterocycles. The molecule has 29 heavy (non-hydrogen) atoms. The average Bonchev–Trinajstić information content (AvgIpc) is 2.74. The summed E-state index contributed by atoms with van der Waals surface area (Å²) in [4.78, 5) is 14.8. The lowest BCUT2D eigenvalue weighted by Crippen LogP contribution is -2.50. The SMILES string of the molecule is CC(C)c1ccc(S(=O)(=O)N2CCN(C(=O)C[C@@H](C)c3ccccc3)CC2)cc1. The topological polar surface area (TPSA) is 57.7 Å². The van der Waals surface area contributed by atoms with Gasteiger partial charge in [-0.05, 0) is 35.1 Å². The highest BCUT2D eigenvalue weighted by molar-refractivity contribution is 7.89. The molecule has 5 nitrogen and oxygen atoms in total. The Kier molecular flexibility index (Phi) is 6.75. The number of nitrogens with zero attached hydrogens (tertiary/aromatic N) is 2. The van der Waals surface area contributed by atoms with Gasteiger partial charge in [-0.1, -0.05) is 63.2 Å². The highest BCUT2D eigenvalue weighted by Crippen LogP contribution is 2.23. The van der Waals surface area contributed by atoms with Crippen LogP contribution in [0.25, 0.3) is 0 Å². The minimum atomic E-state index is -3.52. The van der Waals surface area contributed by atoms with Crippen LogP contribution < -0.4 is 0 Å². The number of sulfonamides is 1. The number of benzene rings is 2. The maximum Gasteiger partial charge on any atom is 0.243 e. The van der Waals surface area contributed by atoms with E-state index in [1.807, 2.05) is 42.5 Å². The van der Waals surface area contributed by atoms with Gasteiger partial charge in [-0.3, -0.25) is 4.79 Å². The predicted octanol–water partition coefficient (Wildman–Crippen LogP) is 3.84. The molecule has 2 aromatic rings. The number of carbonyl (C=O) groups excluding carboxylic acids is 1. The first-order chi connectivity index (χ1) is 13.8. The maximum absolute atomic E-state index is 12.9. The standard InChI is InChI=1S/C23H30N2O3S/c1-18(2)20-9-11-22(12-10-20)29(27,28)25-15-13-24(14-16-25)23(26)17-19(3)21-7-5-4-6-8-21/h4-12,18-19H,13-17H2,1-3H3/t19-/m1/s1. The lowest BCUT2D eigenvalue weighted by molar-refractivity contribution is -0.132. The van der Waals surface area contributed by atoms with Crippen molar-refractivity contribution in [2.45, 2.75) is 43.9 Å². The number of piperazine rings is 1. The minimum absolute atomic E-state index is 0.0830. The van der Waals surface area contributed by atoms with Crippen LogP contribution in [0.4, 0.5) is 0 Å². The molecular weight excluding hydrogens is 384 g/mol. The van der Waals surface area contributed by atoms with Crippen LogP contribution in [0.15, 0.2) is 59.5 Å². The first-order valence-electron chi connectivity index (χ1n) is 10.2. The molecule has 3 rings (SSSR count).